The maximum atomic E-state index is 10.0. The first kappa shape index (κ1) is 12.0. The monoisotopic (exact) mass is 317 g/mol. The van der Waals surface area contributed by atoms with Crippen LogP contribution in [0.2, 0.25) is 5.02 Å². The van der Waals surface area contributed by atoms with Gasteiger partial charge < -0.3 is 5.11 Å². The number of aromatic nitrogens is 1. The summed E-state index contributed by atoms with van der Waals surface area (Å²) in [7, 11) is 0. The van der Waals surface area contributed by atoms with Gasteiger partial charge in [0.05, 0.1) is 11.1 Å². The van der Waals surface area contributed by atoms with Crippen molar-refractivity contribution in [2.24, 2.45) is 0 Å². The molecule has 0 saturated carbocycles. The van der Waals surface area contributed by atoms with E-state index < -0.39 is 6.10 Å². The molecule has 0 spiro atoms. The molecule has 2 heterocycles. The van der Waals surface area contributed by atoms with Crippen LogP contribution in [0.4, 0.5) is 0 Å². The zero-order valence-corrected chi connectivity index (χ0v) is 11.4. The number of hydrogen-bond acceptors (Lipinski definition) is 3. The van der Waals surface area contributed by atoms with E-state index in [1.54, 1.807) is 29.8 Å². The lowest BCUT2D eigenvalue weighted by atomic mass is 10.1. The van der Waals surface area contributed by atoms with Crippen LogP contribution in [0.3, 0.4) is 0 Å². The van der Waals surface area contributed by atoms with Gasteiger partial charge in [-0.25, -0.2) is 0 Å². The highest BCUT2D eigenvalue weighted by molar-refractivity contribution is 9.10. The number of halogens is 2. The first-order chi connectivity index (χ1) is 7.66. The Morgan fingerprint density at radius 2 is 2.38 bits per heavy atom. The van der Waals surface area contributed by atoms with Gasteiger partial charge in [0.1, 0.15) is 0 Å². The maximum absolute atomic E-state index is 10.0. The van der Waals surface area contributed by atoms with Crippen LogP contribution >= 0.6 is 38.9 Å². The molecule has 0 aromatic carbocycles. The molecule has 2 aromatic heterocycles. The molecule has 2 nitrogen and oxygen atoms in total. The molecule has 1 unspecified atom stereocenters. The van der Waals surface area contributed by atoms with Gasteiger partial charge in [-0.2, -0.15) is 0 Å². The molecule has 5 heteroatoms. The number of aliphatic hydroxyl groups excluding tert-OH is 1. The highest BCUT2D eigenvalue weighted by atomic mass is 79.9. The zero-order chi connectivity index (χ0) is 11.5. The quantitative estimate of drug-likeness (QED) is 0.933. The molecule has 0 fully saturated rings. The van der Waals surface area contributed by atoms with Gasteiger partial charge in [-0.05, 0) is 28.1 Å². The summed E-state index contributed by atoms with van der Waals surface area (Å²) in [6.07, 6.45) is 3.17. The van der Waals surface area contributed by atoms with Gasteiger partial charge in [-0.1, -0.05) is 11.6 Å². The fourth-order valence-electron chi connectivity index (χ4n) is 1.42. The van der Waals surface area contributed by atoms with Crippen LogP contribution in [0, 0.1) is 0 Å². The standard InChI is InChI=1S/C11H9BrClNOS/c12-7-3-8(16-6-7)4-11(15)9-1-2-14-5-10(9)13/h1-3,5-6,11,15H,4H2. The number of hydrogen-bond donors (Lipinski definition) is 1. The first-order valence-electron chi connectivity index (χ1n) is 4.67. The number of nitrogens with zero attached hydrogens (tertiary/aromatic N) is 1. The van der Waals surface area contributed by atoms with Crippen LogP contribution in [0.5, 0.6) is 0 Å². The van der Waals surface area contributed by atoms with E-state index in [9.17, 15) is 5.11 Å². The molecular formula is C11H9BrClNOS. The molecule has 1 N–H and O–H groups in total. The minimum absolute atomic E-state index is 0.505. The smallest absolute Gasteiger partial charge is 0.0853 e. The molecule has 2 rings (SSSR count). The van der Waals surface area contributed by atoms with Crippen LogP contribution in [-0.2, 0) is 6.42 Å². The topological polar surface area (TPSA) is 33.1 Å². The lowest BCUT2D eigenvalue weighted by molar-refractivity contribution is 0.179. The minimum Gasteiger partial charge on any atom is -0.388 e. The van der Waals surface area contributed by atoms with E-state index in [1.807, 2.05) is 11.4 Å². The molecule has 16 heavy (non-hydrogen) atoms. The number of rotatable bonds is 3. The highest BCUT2D eigenvalue weighted by Crippen LogP contribution is 2.28. The number of aliphatic hydroxyl groups is 1. The average molecular weight is 319 g/mol. The fraction of sp³-hybridized carbons (Fsp3) is 0.182. The SMILES string of the molecule is OC(Cc1cc(Br)cs1)c1ccncc1Cl. The van der Waals surface area contributed by atoms with Crippen molar-refractivity contribution in [3.63, 3.8) is 0 Å². The minimum atomic E-state index is -0.582. The molecule has 0 bridgehead atoms. The van der Waals surface area contributed by atoms with E-state index in [4.69, 9.17) is 11.6 Å². The lowest BCUT2D eigenvalue weighted by Gasteiger charge is -2.10. The molecule has 0 saturated heterocycles. The molecule has 0 radical (unpaired) electrons. The van der Waals surface area contributed by atoms with Gasteiger partial charge in [0, 0.05) is 39.1 Å². The Balaban J connectivity index is 2.14. The summed E-state index contributed by atoms with van der Waals surface area (Å²) in [5, 5.41) is 12.5. The zero-order valence-electron chi connectivity index (χ0n) is 8.23. The van der Waals surface area contributed by atoms with Crippen molar-refractivity contribution in [1.82, 2.24) is 4.98 Å². The van der Waals surface area contributed by atoms with Gasteiger partial charge in [0.15, 0.2) is 0 Å². The summed E-state index contributed by atoms with van der Waals surface area (Å²) in [4.78, 5) is 5.01. The van der Waals surface area contributed by atoms with Gasteiger partial charge in [0.25, 0.3) is 0 Å². The Morgan fingerprint density at radius 1 is 1.56 bits per heavy atom. The molecule has 0 amide bonds. The molecule has 84 valence electrons. The van der Waals surface area contributed by atoms with Crippen molar-refractivity contribution < 1.29 is 5.11 Å². The van der Waals surface area contributed by atoms with Crippen molar-refractivity contribution in [3.8, 4) is 0 Å². The predicted octanol–water partition coefficient (Wildman–Crippen LogP) is 3.84. The van der Waals surface area contributed by atoms with Gasteiger partial charge in [-0.3, -0.25) is 4.98 Å². The first-order valence-corrected chi connectivity index (χ1v) is 6.72. The van der Waals surface area contributed by atoms with E-state index in [1.165, 1.54) is 0 Å². The van der Waals surface area contributed by atoms with Crippen LogP contribution < -0.4 is 0 Å². The molecular weight excluding hydrogens is 310 g/mol. The second kappa shape index (κ2) is 5.27. The Bertz CT molecular complexity index is 488. The third-order valence-corrected chi connectivity index (χ3v) is 4.21. The van der Waals surface area contributed by atoms with Crippen molar-refractivity contribution in [1.29, 1.82) is 0 Å². The third-order valence-electron chi connectivity index (χ3n) is 2.18. The van der Waals surface area contributed by atoms with Crippen LogP contribution in [0.1, 0.15) is 16.5 Å². The Hall–Kier alpha value is -0.420. The Kier molecular flexibility index (Phi) is 3.97. The van der Waals surface area contributed by atoms with Crippen molar-refractivity contribution in [2.75, 3.05) is 0 Å². The highest BCUT2D eigenvalue weighted by Gasteiger charge is 2.13. The maximum Gasteiger partial charge on any atom is 0.0853 e. The molecule has 0 aliphatic rings. The summed E-state index contributed by atoms with van der Waals surface area (Å²) in [5.41, 5.74) is 0.723. The van der Waals surface area contributed by atoms with Crippen molar-refractivity contribution in [2.45, 2.75) is 12.5 Å². The summed E-state index contributed by atoms with van der Waals surface area (Å²) in [6, 6.07) is 3.75. The van der Waals surface area contributed by atoms with E-state index in [0.717, 1.165) is 14.9 Å². The second-order valence-electron chi connectivity index (χ2n) is 3.35. The molecule has 0 aliphatic heterocycles. The largest absolute Gasteiger partial charge is 0.388 e. The predicted molar refractivity (Wildman–Crippen MR) is 69.9 cm³/mol. The summed E-state index contributed by atoms with van der Waals surface area (Å²) >= 11 is 11.0. The van der Waals surface area contributed by atoms with E-state index >= 15 is 0 Å². The fourth-order valence-corrected chi connectivity index (χ4v) is 3.15. The van der Waals surface area contributed by atoms with Gasteiger partial charge >= 0.3 is 0 Å². The van der Waals surface area contributed by atoms with E-state index in [2.05, 4.69) is 20.9 Å². The molecule has 0 aliphatic carbocycles. The van der Waals surface area contributed by atoms with E-state index in [0.29, 0.717) is 11.4 Å². The molecule has 2 aromatic rings. The Labute approximate surface area is 111 Å². The summed E-state index contributed by atoms with van der Waals surface area (Å²) in [5.74, 6) is 0. The van der Waals surface area contributed by atoms with E-state index in [-0.39, 0.29) is 0 Å². The van der Waals surface area contributed by atoms with Crippen molar-refractivity contribution >= 4 is 38.9 Å². The average Bonchev–Trinajstić information content (AvgIpc) is 2.64. The Morgan fingerprint density at radius 3 is 3.00 bits per heavy atom. The van der Waals surface area contributed by atoms with Crippen LogP contribution in [0.15, 0.2) is 34.4 Å². The number of thiophene rings is 1. The number of pyridine rings is 1. The van der Waals surface area contributed by atoms with Gasteiger partial charge in [0.2, 0.25) is 0 Å². The second-order valence-corrected chi connectivity index (χ2v) is 5.67. The lowest BCUT2D eigenvalue weighted by Crippen LogP contribution is -2.01. The molecule has 1 atom stereocenters. The van der Waals surface area contributed by atoms with Crippen LogP contribution in [-0.4, -0.2) is 10.1 Å². The van der Waals surface area contributed by atoms with Gasteiger partial charge in [-0.15, -0.1) is 11.3 Å². The van der Waals surface area contributed by atoms with Crippen LogP contribution in [0.25, 0.3) is 0 Å². The summed E-state index contributed by atoms with van der Waals surface area (Å²) in [6.45, 7) is 0. The normalized spacial score (nSPS) is 12.7. The summed E-state index contributed by atoms with van der Waals surface area (Å²) < 4.78 is 1.04. The third kappa shape index (κ3) is 2.83. The van der Waals surface area contributed by atoms with Crippen molar-refractivity contribution in [3.05, 3.63) is 49.8 Å².